The lowest BCUT2D eigenvalue weighted by Crippen LogP contribution is -2.55. The monoisotopic (exact) mass is 557 g/mol. The van der Waals surface area contributed by atoms with E-state index in [0.29, 0.717) is 60.0 Å². The zero-order chi connectivity index (χ0) is 27.8. The van der Waals surface area contributed by atoms with Gasteiger partial charge in [0, 0.05) is 31.9 Å². The number of anilines is 1. The highest BCUT2D eigenvalue weighted by molar-refractivity contribution is 6.30. The number of pyridine rings is 1. The summed E-state index contributed by atoms with van der Waals surface area (Å²) >= 11 is 6.12. The quantitative estimate of drug-likeness (QED) is 0.364. The molecule has 0 unspecified atom stereocenters. The van der Waals surface area contributed by atoms with Crippen molar-refractivity contribution < 1.29 is 24.2 Å². The summed E-state index contributed by atoms with van der Waals surface area (Å²) in [6.07, 6.45) is 4.17. The average molecular weight is 558 g/mol. The molecule has 12 heteroatoms. The molecule has 208 valence electrons. The smallest absolute Gasteiger partial charge is 0.341 e. The number of halogens is 1. The Hall–Kier alpha value is -3.57. The Morgan fingerprint density at radius 3 is 2.64 bits per heavy atom. The predicted molar refractivity (Wildman–Crippen MR) is 146 cm³/mol. The normalized spacial score (nSPS) is 19.3. The van der Waals surface area contributed by atoms with E-state index in [1.165, 1.54) is 6.20 Å². The van der Waals surface area contributed by atoms with Crippen LogP contribution in [-0.2, 0) is 11.2 Å². The van der Waals surface area contributed by atoms with Crippen molar-refractivity contribution in [2.24, 2.45) is 0 Å². The average Bonchev–Trinajstić information content (AvgIpc) is 3.70. The largest absolute Gasteiger partial charge is 0.492 e. The molecule has 11 nitrogen and oxygen atoms in total. The van der Waals surface area contributed by atoms with Gasteiger partial charge < -0.3 is 34.3 Å². The summed E-state index contributed by atoms with van der Waals surface area (Å²) in [6, 6.07) is 3.34. The second kappa shape index (κ2) is 10.9. The second-order valence-corrected chi connectivity index (χ2v) is 10.2. The third-order valence-corrected chi connectivity index (χ3v) is 7.71. The maximum Gasteiger partial charge on any atom is 0.341 e. The van der Waals surface area contributed by atoms with E-state index in [9.17, 15) is 19.5 Å². The Kier molecular flexibility index (Phi) is 7.55. The summed E-state index contributed by atoms with van der Waals surface area (Å²) in [5.41, 5.74) is 1.30. The molecule has 3 N–H and O–H groups in total. The molecule has 39 heavy (non-hydrogen) atoms. The first-order chi connectivity index (χ1) is 18.8. The summed E-state index contributed by atoms with van der Waals surface area (Å²) in [4.78, 5) is 47.0. The number of ether oxygens (including phenoxy) is 2. The highest BCUT2D eigenvalue weighted by atomic mass is 35.5. The topological polar surface area (TPSA) is 139 Å². The van der Waals surface area contributed by atoms with Crippen molar-refractivity contribution in [1.82, 2.24) is 19.9 Å². The number of aromatic amines is 1. The molecule has 1 aliphatic carbocycles. The van der Waals surface area contributed by atoms with Crippen LogP contribution in [0.2, 0.25) is 5.15 Å². The minimum atomic E-state index is -1.24. The van der Waals surface area contributed by atoms with Gasteiger partial charge in [-0.2, -0.15) is 0 Å². The van der Waals surface area contributed by atoms with E-state index < -0.39 is 11.4 Å². The minimum Gasteiger partial charge on any atom is -0.492 e. The van der Waals surface area contributed by atoms with E-state index in [1.807, 2.05) is 18.4 Å². The number of nitrogens with one attached hydrogen (secondary N) is 2. The van der Waals surface area contributed by atoms with Gasteiger partial charge in [0.1, 0.15) is 5.56 Å². The molecule has 0 bridgehead atoms. The number of fused-ring (bicyclic) bond motifs is 1. The molecule has 1 saturated carbocycles. The first kappa shape index (κ1) is 27.0. The lowest BCUT2D eigenvalue weighted by Gasteiger charge is -2.40. The number of aromatic nitrogens is 3. The van der Waals surface area contributed by atoms with E-state index in [2.05, 4.69) is 20.2 Å². The zero-order valence-corrected chi connectivity index (χ0v) is 22.9. The number of piperidine rings is 1. The summed E-state index contributed by atoms with van der Waals surface area (Å²) in [5, 5.41) is 13.2. The number of aryl methyl sites for hydroxylation is 1. The number of hydrogen-bond donors (Lipinski definition) is 3. The van der Waals surface area contributed by atoms with Gasteiger partial charge in [-0.25, -0.2) is 9.78 Å². The van der Waals surface area contributed by atoms with Crippen LogP contribution in [0.1, 0.15) is 65.8 Å². The SMILES string of the molecule is CCO[C@H]1CN(c2ccc3c(=O)c(C(=O)O)cn(C4CC4)c3c2OC)CC[C@H]1NC(=O)c1nc(Cl)c(CC)[nH]1. The molecule has 2 fully saturated rings. The van der Waals surface area contributed by atoms with Gasteiger partial charge in [0.05, 0.1) is 41.5 Å². The highest BCUT2D eigenvalue weighted by Crippen LogP contribution is 2.43. The van der Waals surface area contributed by atoms with Crippen molar-refractivity contribution in [3.63, 3.8) is 0 Å². The maximum atomic E-state index is 13.0. The minimum absolute atomic E-state index is 0.121. The molecule has 1 amide bonds. The number of H-pyrrole nitrogens is 1. The zero-order valence-electron chi connectivity index (χ0n) is 22.1. The number of carboxylic acid groups (broad SMARTS) is 1. The van der Waals surface area contributed by atoms with Gasteiger partial charge >= 0.3 is 5.97 Å². The lowest BCUT2D eigenvalue weighted by atomic mass is 9.99. The number of carboxylic acids is 1. The van der Waals surface area contributed by atoms with Gasteiger partial charge in [0.25, 0.3) is 5.91 Å². The van der Waals surface area contributed by atoms with Crippen LogP contribution in [0.5, 0.6) is 5.75 Å². The Morgan fingerprint density at radius 1 is 1.26 bits per heavy atom. The number of hydrogen-bond acceptors (Lipinski definition) is 7. The van der Waals surface area contributed by atoms with Crippen LogP contribution >= 0.6 is 11.6 Å². The van der Waals surface area contributed by atoms with Crippen LogP contribution < -0.4 is 20.4 Å². The lowest BCUT2D eigenvalue weighted by molar-refractivity contribution is 0.0271. The number of carbonyl (C=O) groups excluding carboxylic acids is 1. The first-order valence-corrected chi connectivity index (χ1v) is 13.6. The molecule has 1 aromatic carbocycles. The summed E-state index contributed by atoms with van der Waals surface area (Å²) in [6.45, 7) is 5.36. The van der Waals surface area contributed by atoms with E-state index in [-0.39, 0.29) is 35.5 Å². The van der Waals surface area contributed by atoms with Crippen molar-refractivity contribution in [1.29, 1.82) is 0 Å². The third-order valence-electron chi connectivity index (χ3n) is 7.40. The highest BCUT2D eigenvalue weighted by Gasteiger charge is 2.35. The Morgan fingerprint density at radius 2 is 2.03 bits per heavy atom. The first-order valence-electron chi connectivity index (χ1n) is 13.2. The molecule has 0 spiro atoms. The molecule has 2 atom stereocenters. The van der Waals surface area contributed by atoms with Crippen LogP contribution in [-0.4, -0.2) is 70.5 Å². The van der Waals surface area contributed by atoms with Gasteiger partial charge in [0.2, 0.25) is 5.43 Å². The van der Waals surface area contributed by atoms with Crippen molar-refractivity contribution in [2.75, 3.05) is 31.7 Å². The van der Waals surface area contributed by atoms with Crippen LogP contribution in [0.25, 0.3) is 10.9 Å². The fourth-order valence-electron chi connectivity index (χ4n) is 5.30. The number of imidazole rings is 1. The van der Waals surface area contributed by atoms with E-state index >= 15 is 0 Å². The van der Waals surface area contributed by atoms with Gasteiger partial charge in [-0.05, 0) is 44.7 Å². The molecular weight excluding hydrogens is 526 g/mol. The molecule has 3 heterocycles. The number of rotatable bonds is 9. The van der Waals surface area contributed by atoms with Crippen LogP contribution in [0.15, 0.2) is 23.1 Å². The predicted octanol–water partition coefficient (Wildman–Crippen LogP) is 3.40. The summed E-state index contributed by atoms with van der Waals surface area (Å²) in [5.74, 6) is -0.899. The standard InChI is InChI=1S/C27H32ClN5O6/c1-4-17-24(28)31-25(29-17)26(35)30-18-10-11-32(13-20(18)39-5-2)19-9-8-15-21(23(19)38-3)33(14-6-7-14)12-16(22(15)34)27(36)37/h8-9,12,14,18,20H,4-7,10-11,13H2,1-3H3,(H,29,31)(H,30,35)(H,36,37)/t18-,20+/m1/s1. The van der Waals surface area contributed by atoms with E-state index in [1.54, 1.807) is 19.2 Å². The molecule has 1 saturated heterocycles. The fraction of sp³-hybridized carbons (Fsp3) is 0.481. The molecule has 2 aliphatic rings. The fourth-order valence-corrected chi connectivity index (χ4v) is 5.57. The van der Waals surface area contributed by atoms with Gasteiger partial charge in [-0.3, -0.25) is 9.59 Å². The number of benzene rings is 1. The van der Waals surface area contributed by atoms with Gasteiger partial charge in [-0.1, -0.05) is 18.5 Å². The molecule has 2 aromatic heterocycles. The Bertz CT molecular complexity index is 1480. The Labute approximate surface area is 230 Å². The Balaban J connectivity index is 1.45. The molecule has 0 radical (unpaired) electrons. The molecule has 5 rings (SSSR count). The van der Waals surface area contributed by atoms with E-state index in [4.69, 9.17) is 21.1 Å². The van der Waals surface area contributed by atoms with Gasteiger partial charge in [0.15, 0.2) is 16.7 Å². The summed E-state index contributed by atoms with van der Waals surface area (Å²) < 4.78 is 13.8. The van der Waals surface area contributed by atoms with Crippen molar-refractivity contribution in [2.45, 2.75) is 57.7 Å². The molecular formula is C27H32ClN5O6. The second-order valence-electron chi connectivity index (χ2n) is 9.85. The molecule has 1 aliphatic heterocycles. The van der Waals surface area contributed by atoms with Gasteiger partial charge in [-0.15, -0.1) is 0 Å². The third kappa shape index (κ3) is 5.08. The van der Waals surface area contributed by atoms with Crippen LogP contribution in [0.3, 0.4) is 0 Å². The van der Waals surface area contributed by atoms with E-state index in [0.717, 1.165) is 18.5 Å². The number of carbonyl (C=O) groups is 2. The number of amides is 1. The van der Waals surface area contributed by atoms with Crippen LogP contribution in [0, 0.1) is 0 Å². The number of methoxy groups -OCH3 is 1. The maximum absolute atomic E-state index is 13.0. The summed E-state index contributed by atoms with van der Waals surface area (Å²) in [7, 11) is 1.55. The number of aromatic carboxylic acids is 1. The van der Waals surface area contributed by atoms with Crippen molar-refractivity contribution in [3.8, 4) is 5.75 Å². The van der Waals surface area contributed by atoms with Crippen molar-refractivity contribution >= 4 is 40.1 Å². The van der Waals surface area contributed by atoms with Crippen LogP contribution in [0.4, 0.5) is 5.69 Å². The number of nitrogens with zero attached hydrogens (tertiary/aromatic N) is 3. The molecule has 3 aromatic rings. The van der Waals surface area contributed by atoms with Crippen molar-refractivity contribution in [3.05, 3.63) is 50.8 Å².